The molecule has 1 N–H and O–H groups in total. The van der Waals surface area contributed by atoms with Gasteiger partial charge in [-0.3, -0.25) is 0 Å². The average Bonchev–Trinajstić information content (AvgIpc) is 2.98. The Morgan fingerprint density at radius 3 is 2.16 bits per heavy atom. The van der Waals surface area contributed by atoms with Crippen LogP contribution in [-0.2, 0) is 0 Å². The molecule has 0 unspecified atom stereocenters. The minimum Gasteiger partial charge on any atom is -0.417 e. The molecule has 0 saturated carbocycles. The van der Waals surface area contributed by atoms with Gasteiger partial charge in [-0.25, -0.2) is 0 Å². The van der Waals surface area contributed by atoms with E-state index in [1.165, 1.54) is 0 Å². The number of aliphatic hydroxyl groups is 1. The van der Waals surface area contributed by atoms with Crippen LogP contribution in [0.3, 0.4) is 0 Å². The molecule has 0 spiro atoms. The van der Waals surface area contributed by atoms with E-state index in [0.717, 1.165) is 11.1 Å². The highest BCUT2D eigenvalue weighted by molar-refractivity contribution is 5.51. The maximum Gasteiger partial charge on any atom is 0.249 e. The number of hydrogen-bond donors (Lipinski definition) is 1. The van der Waals surface area contributed by atoms with Crippen molar-refractivity contribution in [3.8, 4) is 11.5 Å². The van der Waals surface area contributed by atoms with Crippen LogP contribution in [0.5, 0.6) is 0 Å². The molecular weight excluding hydrogens is 240 g/mol. The fourth-order valence-corrected chi connectivity index (χ4v) is 1.82. The summed E-state index contributed by atoms with van der Waals surface area (Å²) in [6.45, 7) is 0. The van der Waals surface area contributed by atoms with Crippen molar-refractivity contribution in [1.29, 1.82) is 0 Å². The summed E-state index contributed by atoms with van der Waals surface area (Å²) in [4.78, 5) is 0. The number of rotatable bonds is 3. The number of benzene rings is 2. The van der Waals surface area contributed by atoms with Gasteiger partial charge in [0.2, 0.25) is 11.8 Å². The highest BCUT2D eigenvalue weighted by Gasteiger charge is 2.18. The predicted molar refractivity (Wildman–Crippen MR) is 70.2 cm³/mol. The van der Waals surface area contributed by atoms with E-state index in [1.54, 1.807) is 0 Å². The first kappa shape index (κ1) is 11.6. The van der Waals surface area contributed by atoms with E-state index in [1.807, 2.05) is 60.7 Å². The highest BCUT2D eigenvalue weighted by Crippen LogP contribution is 2.24. The molecule has 1 atom stereocenters. The van der Waals surface area contributed by atoms with Gasteiger partial charge in [0.1, 0.15) is 0 Å². The first-order valence-electron chi connectivity index (χ1n) is 5.96. The molecule has 3 rings (SSSR count). The van der Waals surface area contributed by atoms with Gasteiger partial charge >= 0.3 is 0 Å². The molecule has 1 aromatic heterocycles. The summed E-state index contributed by atoms with van der Waals surface area (Å²) >= 11 is 0. The lowest BCUT2D eigenvalue weighted by Gasteiger charge is -2.05. The molecule has 2 aromatic carbocycles. The van der Waals surface area contributed by atoms with E-state index in [-0.39, 0.29) is 5.89 Å². The van der Waals surface area contributed by atoms with Crippen LogP contribution in [0.4, 0.5) is 0 Å². The molecule has 0 aliphatic carbocycles. The van der Waals surface area contributed by atoms with E-state index in [4.69, 9.17) is 4.42 Å². The van der Waals surface area contributed by atoms with Crippen LogP contribution in [-0.4, -0.2) is 15.3 Å². The van der Waals surface area contributed by atoms with E-state index in [0.29, 0.717) is 5.89 Å². The quantitative estimate of drug-likeness (QED) is 0.778. The van der Waals surface area contributed by atoms with Crippen LogP contribution in [0.2, 0.25) is 0 Å². The minimum absolute atomic E-state index is 0.199. The van der Waals surface area contributed by atoms with Crippen molar-refractivity contribution < 1.29 is 9.52 Å². The van der Waals surface area contributed by atoms with Gasteiger partial charge in [-0.05, 0) is 17.7 Å². The Bertz CT molecular complexity index is 650. The third-order valence-corrected chi connectivity index (χ3v) is 2.81. The number of aliphatic hydroxyl groups excluding tert-OH is 1. The molecule has 3 aromatic rings. The van der Waals surface area contributed by atoms with Crippen molar-refractivity contribution in [3.63, 3.8) is 0 Å². The number of nitrogens with zero attached hydrogens (tertiary/aromatic N) is 2. The fourth-order valence-electron chi connectivity index (χ4n) is 1.82. The molecule has 0 saturated heterocycles. The average molecular weight is 252 g/mol. The molecule has 0 radical (unpaired) electrons. The summed E-state index contributed by atoms with van der Waals surface area (Å²) in [5.74, 6) is 0.607. The minimum atomic E-state index is -0.897. The largest absolute Gasteiger partial charge is 0.417 e. The van der Waals surface area contributed by atoms with Crippen LogP contribution in [0.25, 0.3) is 11.5 Å². The predicted octanol–water partition coefficient (Wildman–Crippen LogP) is 2.82. The van der Waals surface area contributed by atoms with Gasteiger partial charge in [-0.15, -0.1) is 10.2 Å². The molecule has 0 bridgehead atoms. The standard InChI is InChI=1S/C15H12N2O2/c18-13(11-7-3-1-4-8-11)15-17-16-14(19-15)12-9-5-2-6-10-12/h1-10,13,18H/t13-/m1/s1. The van der Waals surface area contributed by atoms with Crippen molar-refractivity contribution in [2.45, 2.75) is 6.10 Å². The van der Waals surface area contributed by atoms with Crippen LogP contribution in [0.1, 0.15) is 17.6 Å². The molecule has 0 aliphatic rings. The number of aromatic nitrogens is 2. The smallest absolute Gasteiger partial charge is 0.249 e. The Kier molecular flexibility index (Phi) is 3.08. The molecule has 94 valence electrons. The Balaban J connectivity index is 1.90. The molecule has 4 nitrogen and oxygen atoms in total. The summed E-state index contributed by atoms with van der Waals surface area (Å²) in [5.41, 5.74) is 1.56. The third-order valence-electron chi connectivity index (χ3n) is 2.81. The molecule has 0 aliphatic heterocycles. The van der Waals surface area contributed by atoms with Crippen LogP contribution >= 0.6 is 0 Å². The summed E-state index contributed by atoms with van der Waals surface area (Å²) in [7, 11) is 0. The zero-order valence-electron chi connectivity index (χ0n) is 10.1. The van der Waals surface area contributed by atoms with Crippen LogP contribution in [0, 0.1) is 0 Å². The molecule has 19 heavy (non-hydrogen) atoms. The molecule has 0 amide bonds. The Morgan fingerprint density at radius 2 is 1.47 bits per heavy atom. The van der Waals surface area contributed by atoms with Gasteiger partial charge in [-0.1, -0.05) is 48.5 Å². The van der Waals surface area contributed by atoms with Gasteiger partial charge in [0.25, 0.3) is 0 Å². The maximum absolute atomic E-state index is 10.2. The second-order valence-corrected chi connectivity index (χ2v) is 4.12. The van der Waals surface area contributed by atoms with E-state index in [2.05, 4.69) is 10.2 Å². The Morgan fingerprint density at radius 1 is 0.842 bits per heavy atom. The van der Waals surface area contributed by atoms with E-state index < -0.39 is 6.10 Å². The first-order chi connectivity index (χ1) is 9.34. The molecular formula is C15H12N2O2. The zero-order chi connectivity index (χ0) is 13.1. The van der Waals surface area contributed by atoms with Gasteiger partial charge in [0.15, 0.2) is 6.10 Å². The lowest BCUT2D eigenvalue weighted by Crippen LogP contribution is -1.99. The third kappa shape index (κ3) is 2.39. The van der Waals surface area contributed by atoms with E-state index >= 15 is 0 Å². The van der Waals surface area contributed by atoms with Gasteiger partial charge in [0, 0.05) is 5.56 Å². The second-order valence-electron chi connectivity index (χ2n) is 4.12. The Labute approximate surface area is 110 Å². The second kappa shape index (κ2) is 5.04. The normalized spacial score (nSPS) is 12.3. The number of hydrogen-bond acceptors (Lipinski definition) is 4. The van der Waals surface area contributed by atoms with Crippen molar-refractivity contribution in [2.24, 2.45) is 0 Å². The van der Waals surface area contributed by atoms with Gasteiger partial charge in [0.05, 0.1) is 0 Å². The SMILES string of the molecule is O[C@H](c1ccccc1)c1nnc(-c2ccccc2)o1. The first-order valence-corrected chi connectivity index (χ1v) is 5.96. The summed E-state index contributed by atoms with van der Waals surface area (Å²) in [6, 6.07) is 18.7. The summed E-state index contributed by atoms with van der Waals surface area (Å²) in [5, 5.41) is 18.0. The Hall–Kier alpha value is -2.46. The van der Waals surface area contributed by atoms with Crippen molar-refractivity contribution in [1.82, 2.24) is 10.2 Å². The van der Waals surface area contributed by atoms with Crippen molar-refractivity contribution in [3.05, 3.63) is 72.1 Å². The van der Waals surface area contributed by atoms with E-state index in [9.17, 15) is 5.11 Å². The van der Waals surface area contributed by atoms with Crippen molar-refractivity contribution in [2.75, 3.05) is 0 Å². The lowest BCUT2D eigenvalue weighted by atomic mass is 10.1. The lowest BCUT2D eigenvalue weighted by molar-refractivity contribution is 0.183. The summed E-state index contributed by atoms with van der Waals surface area (Å²) < 4.78 is 5.51. The molecule has 4 heteroatoms. The maximum atomic E-state index is 10.2. The fraction of sp³-hybridized carbons (Fsp3) is 0.0667. The van der Waals surface area contributed by atoms with Crippen LogP contribution < -0.4 is 0 Å². The molecule has 1 heterocycles. The van der Waals surface area contributed by atoms with Crippen molar-refractivity contribution >= 4 is 0 Å². The van der Waals surface area contributed by atoms with Gasteiger partial charge < -0.3 is 9.52 Å². The monoisotopic (exact) mass is 252 g/mol. The summed E-state index contributed by atoms with van der Waals surface area (Å²) in [6.07, 6.45) is -0.897. The highest BCUT2D eigenvalue weighted by atomic mass is 16.4. The van der Waals surface area contributed by atoms with Gasteiger partial charge in [-0.2, -0.15) is 0 Å². The molecule has 0 fully saturated rings. The van der Waals surface area contributed by atoms with Crippen LogP contribution in [0.15, 0.2) is 65.1 Å². The topological polar surface area (TPSA) is 59.2 Å². The zero-order valence-corrected chi connectivity index (χ0v) is 10.1.